The third-order valence-corrected chi connectivity index (χ3v) is 4.62. The predicted molar refractivity (Wildman–Crippen MR) is 83.5 cm³/mol. The molecular weight excluding hydrogens is 296 g/mol. The summed E-state index contributed by atoms with van der Waals surface area (Å²) in [5.41, 5.74) is 0.530. The molecule has 0 unspecified atom stereocenters. The van der Waals surface area contributed by atoms with Crippen LogP contribution in [0.4, 0.5) is 0 Å². The van der Waals surface area contributed by atoms with E-state index in [1.54, 1.807) is 13.8 Å². The molecule has 2 aliphatic rings. The Morgan fingerprint density at radius 2 is 2.09 bits per heavy atom. The maximum absolute atomic E-state index is 12.3. The number of hydrogen-bond donors (Lipinski definition) is 2. The summed E-state index contributed by atoms with van der Waals surface area (Å²) >= 11 is 0. The summed E-state index contributed by atoms with van der Waals surface area (Å²) in [7, 11) is 0. The molecule has 0 saturated carbocycles. The van der Waals surface area contributed by atoms with E-state index < -0.39 is 11.3 Å². The van der Waals surface area contributed by atoms with Gasteiger partial charge in [0.1, 0.15) is 11.3 Å². The zero-order chi connectivity index (χ0) is 16.7. The molecule has 126 valence electrons. The Balaban J connectivity index is 1.51. The van der Waals surface area contributed by atoms with E-state index in [-0.39, 0.29) is 11.8 Å². The number of hydrogen-bond acceptors (Lipinski definition) is 4. The molecule has 0 aliphatic carbocycles. The minimum Gasteiger partial charge on any atom is -0.342 e. The van der Waals surface area contributed by atoms with E-state index >= 15 is 0 Å². The molecule has 1 aromatic heterocycles. The van der Waals surface area contributed by atoms with Gasteiger partial charge in [0.05, 0.1) is 5.69 Å². The third-order valence-electron chi connectivity index (χ3n) is 4.62. The van der Waals surface area contributed by atoms with Crippen molar-refractivity contribution >= 4 is 11.8 Å². The highest BCUT2D eigenvalue weighted by atomic mass is 16.6. The number of aryl methyl sites for hydroxylation is 2. The Hall–Kier alpha value is -1.89. The number of carbonyl (C=O) groups excluding carboxylic acids is 2. The van der Waals surface area contributed by atoms with Crippen molar-refractivity contribution < 1.29 is 14.3 Å². The molecule has 2 saturated heterocycles. The summed E-state index contributed by atoms with van der Waals surface area (Å²) in [5.74, 6) is 0.0512. The Kier molecular flexibility index (Phi) is 3.91. The number of aromatic nitrogens is 2. The van der Waals surface area contributed by atoms with Crippen LogP contribution in [0, 0.1) is 6.92 Å². The van der Waals surface area contributed by atoms with Gasteiger partial charge in [-0.3, -0.25) is 14.7 Å². The van der Waals surface area contributed by atoms with Crippen molar-refractivity contribution in [3.63, 3.8) is 0 Å². The molecule has 0 aromatic carbocycles. The normalized spacial score (nSPS) is 22.4. The van der Waals surface area contributed by atoms with E-state index in [4.69, 9.17) is 4.74 Å². The highest BCUT2D eigenvalue weighted by Gasteiger charge is 2.51. The van der Waals surface area contributed by atoms with Gasteiger partial charge < -0.3 is 15.0 Å². The molecule has 23 heavy (non-hydrogen) atoms. The Morgan fingerprint density at radius 3 is 2.61 bits per heavy atom. The minimum absolute atomic E-state index is 0.0776. The molecular formula is C16H24N4O3. The lowest BCUT2D eigenvalue weighted by molar-refractivity contribution is -0.147. The maximum Gasteiger partial charge on any atom is 0.253 e. The third kappa shape index (κ3) is 3.24. The second-order valence-electron chi connectivity index (χ2n) is 6.98. The van der Waals surface area contributed by atoms with Gasteiger partial charge in [-0.25, -0.2) is 0 Å². The number of nitrogens with zero attached hydrogens (tertiary/aromatic N) is 2. The Morgan fingerprint density at radius 1 is 1.39 bits per heavy atom. The van der Waals surface area contributed by atoms with Gasteiger partial charge in [0, 0.05) is 44.5 Å². The van der Waals surface area contributed by atoms with Crippen LogP contribution in [0.15, 0.2) is 6.07 Å². The average Bonchev–Trinajstić information content (AvgIpc) is 2.99. The molecule has 3 rings (SSSR count). The monoisotopic (exact) mass is 320 g/mol. The molecule has 1 spiro atoms. The van der Waals surface area contributed by atoms with Crippen molar-refractivity contribution in [3.8, 4) is 0 Å². The highest BCUT2D eigenvalue weighted by Crippen LogP contribution is 2.34. The van der Waals surface area contributed by atoms with Crippen molar-refractivity contribution in [2.75, 3.05) is 13.1 Å². The Labute approximate surface area is 135 Å². The van der Waals surface area contributed by atoms with Crippen molar-refractivity contribution in [1.29, 1.82) is 0 Å². The van der Waals surface area contributed by atoms with Crippen LogP contribution in [0.1, 0.15) is 44.5 Å². The first-order valence-corrected chi connectivity index (χ1v) is 8.11. The largest absolute Gasteiger partial charge is 0.342 e. The van der Waals surface area contributed by atoms with Crippen molar-refractivity contribution in [2.24, 2.45) is 0 Å². The van der Waals surface area contributed by atoms with Crippen molar-refractivity contribution in [2.45, 2.75) is 57.8 Å². The average molecular weight is 320 g/mol. The van der Waals surface area contributed by atoms with Crippen LogP contribution < -0.4 is 5.32 Å². The summed E-state index contributed by atoms with van der Waals surface area (Å²) < 4.78 is 5.94. The summed E-state index contributed by atoms with van der Waals surface area (Å²) in [4.78, 5) is 26.1. The van der Waals surface area contributed by atoms with E-state index in [2.05, 4.69) is 15.5 Å². The van der Waals surface area contributed by atoms with Crippen LogP contribution in [0.25, 0.3) is 0 Å². The number of rotatable bonds is 3. The van der Waals surface area contributed by atoms with Gasteiger partial charge in [-0.2, -0.15) is 5.10 Å². The van der Waals surface area contributed by atoms with E-state index in [0.717, 1.165) is 11.4 Å². The van der Waals surface area contributed by atoms with Crippen molar-refractivity contribution in [1.82, 2.24) is 20.4 Å². The molecule has 2 N–H and O–H groups in total. The number of H-pyrrole nitrogens is 1. The molecule has 0 atom stereocenters. The highest BCUT2D eigenvalue weighted by molar-refractivity contribution is 5.86. The lowest BCUT2D eigenvalue weighted by atomic mass is 10.00. The number of piperidine rings is 1. The predicted octanol–water partition coefficient (Wildman–Crippen LogP) is 0.894. The van der Waals surface area contributed by atoms with Gasteiger partial charge in [0.2, 0.25) is 5.91 Å². The number of ether oxygens (including phenoxy) is 1. The van der Waals surface area contributed by atoms with E-state index in [9.17, 15) is 9.59 Å². The fraction of sp³-hybridized carbons (Fsp3) is 0.688. The Bertz CT molecular complexity index is 615. The van der Waals surface area contributed by atoms with E-state index in [1.165, 1.54) is 0 Å². The molecule has 7 nitrogen and oxygen atoms in total. The van der Waals surface area contributed by atoms with Crippen molar-refractivity contribution in [3.05, 3.63) is 17.5 Å². The number of carbonyl (C=O) groups is 2. The summed E-state index contributed by atoms with van der Waals surface area (Å²) in [5, 5.41) is 10.0. The quantitative estimate of drug-likeness (QED) is 0.866. The van der Waals surface area contributed by atoms with Crippen LogP contribution in [-0.4, -0.2) is 51.3 Å². The van der Waals surface area contributed by atoms with Crippen LogP contribution >= 0.6 is 0 Å². The smallest absolute Gasteiger partial charge is 0.253 e. The maximum atomic E-state index is 12.3. The topological polar surface area (TPSA) is 87.3 Å². The first kappa shape index (κ1) is 16.0. The van der Waals surface area contributed by atoms with Crippen LogP contribution in [0.5, 0.6) is 0 Å². The van der Waals surface area contributed by atoms with Gasteiger partial charge in [0.15, 0.2) is 0 Å². The number of likely N-dealkylation sites (tertiary alicyclic amines) is 1. The van der Waals surface area contributed by atoms with Gasteiger partial charge in [-0.1, -0.05) is 0 Å². The molecule has 0 bridgehead atoms. The fourth-order valence-corrected chi connectivity index (χ4v) is 3.26. The zero-order valence-corrected chi connectivity index (χ0v) is 13.9. The number of aromatic amines is 1. The number of amides is 2. The molecule has 3 heterocycles. The van der Waals surface area contributed by atoms with Crippen LogP contribution in [0.2, 0.25) is 0 Å². The molecule has 0 radical (unpaired) electrons. The second kappa shape index (κ2) is 5.63. The van der Waals surface area contributed by atoms with Gasteiger partial charge >= 0.3 is 0 Å². The fourth-order valence-electron chi connectivity index (χ4n) is 3.26. The van der Waals surface area contributed by atoms with E-state index in [1.807, 2.05) is 17.9 Å². The SMILES string of the molecule is Cc1cc(CCC(=O)N2CCC3(CC2)NC(=O)C(C)(C)O3)n[nH]1. The molecule has 7 heteroatoms. The van der Waals surface area contributed by atoms with Gasteiger partial charge in [-0.05, 0) is 26.8 Å². The van der Waals surface area contributed by atoms with Crippen LogP contribution in [-0.2, 0) is 20.7 Å². The van der Waals surface area contributed by atoms with Gasteiger partial charge in [-0.15, -0.1) is 0 Å². The van der Waals surface area contributed by atoms with E-state index in [0.29, 0.717) is 38.8 Å². The summed E-state index contributed by atoms with van der Waals surface area (Å²) in [6, 6.07) is 1.96. The summed E-state index contributed by atoms with van der Waals surface area (Å²) in [6.07, 6.45) is 2.37. The second-order valence-corrected chi connectivity index (χ2v) is 6.98. The van der Waals surface area contributed by atoms with Gasteiger partial charge in [0.25, 0.3) is 5.91 Å². The molecule has 1 aromatic rings. The minimum atomic E-state index is -0.788. The number of nitrogens with one attached hydrogen (secondary N) is 2. The molecule has 2 aliphatic heterocycles. The van der Waals surface area contributed by atoms with Crippen LogP contribution in [0.3, 0.4) is 0 Å². The zero-order valence-electron chi connectivity index (χ0n) is 13.9. The molecule has 2 fully saturated rings. The first-order valence-electron chi connectivity index (χ1n) is 8.11. The molecule has 2 amide bonds. The first-order chi connectivity index (χ1) is 10.8. The lowest BCUT2D eigenvalue weighted by Gasteiger charge is -2.39. The summed E-state index contributed by atoms with van der Waals surface area (Å²) in [6.45, 7) is 6.71. The lowest BCUT2D eigenvalue weighted by Crippen LogP contribution is -2.53. The standard InChI is InChI=1S/C16H24N4O3/c1-11-10-12(19-18-11)4-5-13(21)20-8-6-16(7-9-20)17-14(22)15(2,3)23-16/h10H,4-9H2,1-3H3,(H,17,22)(H,18,19).